The molecule has 5 nitrogen and oxygen atoms in total. The first-order valence-corrected chi connectivity index (χ1v) is 9.06. The van der Waals surface area contributed by atoms with Gasteiger partial charge in [-0.3, -0.25) is 4.79 Å². The highest BCUT2D eigenvalue weighted by Gasteiger charge is 2.21. The Kier molecular flexibility index (Phi) is 6.74. The summed E-state index contributed by atoms with van der Waals surface area (Å²) in [6.45, 7) is 4.44. The van der Waals surface area contributed by atoms with Crippen molar-refractivity contribution in [3.63, 3.8) is 0 Å². The van der Waals surface area contributed by atoms with Crippen LogP contribution in [0.1, 0.15) is 24.2 Å². The van der Waals surface area contributed by atoms with Gasteiger partial charge in [-0.25, -0.2) is 8.42 Å². The molecule has 1 amide bonds. The lowest BCUT2D eigenvalue weighted by molar-refractivity contribution is 0.0695. The standard InChI is InChI=1S/C12H14Cl3NO4S/c1-3-20-7(2)6-16-12(17)8-4-9(13)11(14)10(5-8)21(15,18)19/h4-5,7H,3,6H2,1-2H3,(H,16,17). The second kappa shape index (κ2) is 7.65. The first-order valence-electron chi connectivity index (χ1n) is 6.00. The normalized spacial score (nSPS) is 13.0. The predicted octanol–water partition coefficient (Wildman–Crippen LogP) is 3.08. The molecule has 9 heteroatoms. The fraction of sp³-hybridized carbons (Fsp3) is 0.417. The van der Waals surface area contributed by atoms with Crippen molar-refractivity contribution in [3.8, 4) is 0 Å². The lowest BCUT2D eigenvalue weighted by atomic mass is 10.2. The Morgan fingerprint density at radius 2 is 2.00 bits per heavy atom. The molecule has 0 aliphatic heterocycles. The summed E-state index contributed by atoms with van der Waals surface area (Å²) in [7, 11) is 1.16. The molecule has 1 unspecified atom stereocenters. The third-order valence-corrected chi connectivity index (χ3v) is 4.78. The van der Waals surface area contributed by atoms with Crippen molar-refractivity contribution >= 4 is 48.8 Å². The van der Waals surface area contributed by atoms with Crippen molar-refractivity contribution in [2.75, 3.05) is 13.2 Å². The molecule has 0 heterocycles. The number of hydrogen-bond acceptors (Lipinski definition) is 4. The van der Waals surface area contributed by atoms with E-state index < -0.39 is 19.9 Å². The van der Waals surface area contributed by atoms with E-state index in [1.54, 1.807) is 6.92 Å². The Labute approximate surface area is 137 Å². The van der Waals surface area contributed by atoms with Crippen LogP contribution in [0.2, 0.25) is 10.0 Å². The lowest BCUT2D eigenvalue weighted by Crippen LogP contribution is -2.32. The van der Waals surface area contributed by atoms with Crippen molar-refractivity contribution in [2.45, 2.75) is 24.8 Å². The van der Waals surface area contributed by atoms with E-state index in [9.17, 15) is 13.2 Å². The molecule has 0 aromatic heterocycles. The van der Waals surface area contributed by atoms with Gasteiger partial charge in [0, 0.05) is 29.4 Å². The third-order valence-electron chi connectivity index (χ3n) is 2.52. The molecule has 0 aliphatic rings. The predicted molar refractivity (Wildman–Crippen MR) is 82.9 cm³/mol. The van der Waals surface area contributed by atoms with Gasteiger partial charge in [-0.05, 0) is 26.0 Å². The minimum absolute atomic E-state index is 0.0484. The maximum Gasteiger partial charge on any atom is 0.262 e. The van der Waals surface area contributed by atoms with E-state index in [4.69, 9.17) is 38.6 Å². The highest BCUT2D eigenvalue weighted by molar-refractivity contribution is 8.13. The Morgan fingerprint density at radius 1 is 1.38 bits per heavy atom. The fourth-order valence-corrected chi connectivity index (χ4v) is 3.32. The van der Waals surface area contributed by atoms with Crippen molar-refractivity contribution in [3.05, 3.63) is 27.7 Å². The highest BCUT2D eigenvalue weighted by atomic mass is 35.7. The molecule has 1 N–H and O–H groups in total. The zero-order chi connectivity index (χ0) is 16.2. The van der Waals surface area contributed by atoms with Crippen molar-refractivity contribution < 1.29 is 17.9 Å². The van der Waals surface area contributed by atoms with Gasteiger partial charge < -0.3 is 10.1 Å². The van der Waals surface area contributed by atoms with Crippen LogP contribution in [0, 0.1) is 0 Å². The van der Waals surface area contributed by atoms with Gasteiger partial charge in [-0.2, -0.15) is 0 Å². The van der Waals surface area contributed by atoms with E-state index in [1.165, 1.54) is 6.07 Å². The molecule has 21 heavy (non-hydrogen) atoms. The van der Waals surface area contributed by atoms with E-state index in [1.807, 2.05) is 6.92 Å². The lowest BCUT2D eigenvalue weighted by Gasteiger charge is -2.13. The topological polar surface area (TPSA) is 72.5 Å². The Morgan fingerprint density at radius 3 is 2.52 bits per heavy atom. The van der Waals surface area contributed by atoms with E-state index in [0.717, 1.165) is 6.07 Å². The first-order chi connectivity index (χ1) is 9.66. The van der Waals surface area contributed by atoms with Crippen LogP contribution in [0.4, 0.5) is 0 Å². The minimum Gasteiger partial charge on any atom is -0.377 e. The maximum absolute atomic E-state index is 12.0. The summed E-state index contributed by atoms with van der Waals surface area (Å²) in [6, 6.07) is 2.35. The molecular formula is C12H14Cl3NO4S. The quantitative estimate of drug-likeness (QED) is 0.777. The highest BCUT2D eigenvalue weighted by Crippen LogP contribution is 2.32. The molecule has 0 saturated carbocycles. The molecule has 0 radical (unpaired) electrons. The van der Waals surface area contributed by atoms with Crippen LogP contribution >= 0.6 is 33.9 Å². The summed E-state index contributed by atoms with van der Waals surface area (Å²) in [5.41, 5.74) is 0.0484. The van der Waals surface area contributed by atoms with Crippen LogP contribution in [0.25, 0.3) is 0 Å². The average molecular weight is 375 g/mol. The second-order valence-electron chi connectivity index (χ2n) is 4.18. The Hall–Kier alpha value is -0.530. The largest absolute Gasteiger partial charge is 0.377 e. The number of benzene rings is 1. The zero-order valence-electron chi connectivity index (χ0n) is 11.3. The van der Waals surface area contributed by atoms with Crippen LogP contribution in [0.5, 0.6) is 0 Å². The molecule has 1 aromatic carbocycles. The number of carbonyl (C=O) groups excluding carboxylic acids is 1. The molecule has 1 aromatic rings. The molecule has 0 bridgehead atoms. The van der Waals surface area contributed by atoms with Gasteiger partial charge in [0.1, 0.15) is 4.90 Å². The third kappa shape index (κ3) is 5.30. The van der Waals surface area contributed by atoms with E-state index in [-0.39, 0.29) is 28.3 Å². The number of halogens is 3. The van der Waals surface area contributed by atoms with Crippen molar-refractivity contribution in [2.24, 2.45) is 0 Å². The summed E-state index contributed by atoms with van der Waals surface area (Å²) in [5, 5.41) is 2.32. The molecule has 0 spiro atoms. The molecule has 1 rings (SSSR count). The van der Waals surface area contributed by atoms with Gasteiger partial charge in [0.2, 0.25) is 0 Å². The summed E-state index contributed by atoms with van der Waals surface area (Å²) in [5.74, 6) is -0.498. The summed E-state index contributed by atoms with van der Waals surface area (Å²) < 4.78 is 28.1. The number of carbonyl (C=O) groups is 1. The van der Waals surface area contributed by atoms with Crippen LogP contribution in [-0.2, 0) is 13.8 Å². The molecular weight excluding hydrogens is 361 g/mol. The molecule has 118 valence electrons. The van der Waals surface area contributed by atoms with Gasteiger partial charge in [0.25, 0.3) is 15.0 Å². The van der Waals surface area contributed by atoms with Gasteiger partial charge in [-0.15, -0.1) is 0 Å². The van der Waals surface area contributed by atoms with Crippen LogP contribution < -0.4 is 5.32 Å². The fourth-order valence-electron chi connectivity index (χ4n) is 1.55. The first kappa shape index (κ1) is 18.5. The maximum atomic E-state index is 12.0. The monoisotopic (exact) mass is 373 g/mol. The molecule has 0 fully saturated rings. The SMILES string of the molecule is CCOC(C)CNC(=O)c1cc(Cl)c(Cl)c(S(=O)(=O)Cl)c1. The zero-order valence-corrected chi connectivity index (χ0v) is 14.4. The smallest absolute Gasteiger partial charge is 0.262 e. The number of nitrogens with one attached hydrogen (secondary N) is 1. The number of ether oxygens (including phenoxy) is 1. The van der Waals surface area contributed by atoms with Crippen molar-refractivity contribution in [1.82, 2.24) is 5.32 Å². The van der Waals surface area contributed by atoms with Crippen LogP contribution in [0.15, 0.2) is 17.0 Å². The molecule has 0 aliphatic carbocycles. The number of hydrogen-bond donors (Lipinski definition) is 1. The Bertz CT molecular complexity index is 634. The second-order valence-corrected chi connectivity index (χ2v) is 7.50. The Balaban J connectivity index is 2.99. The average Bonchev–Trinajstić information content (AvgIpc) is 2.38. The number of rotatable bonds is 6. The van der Waals surface area contributed by atoms with Gasteiger partial charge in [0.05, 0.1) is 16.1 Å². The molecule has 1 atom stereocenters. The van der Waals surface area contributed by atoms with Gasteiger partial charge in [0.15, 0.2) is 0 Å². The van der Waals surface area contributed by atoms with E-state index in [0.29, 0.717) is 6.61 Å². The minimum atomic E-state index is -4.10. The summed E-state index contributed by atoms with van der Waals surface area (Å²) >= 11 is 11.6. The van der Waals surface area contributed by atoms with Gasteiger partial charge in [-0.1, -0.05) is 23.2 Å². The number of amides is 1. The van der Waals surface area contributed by atoms with Crippen molar-refractivity contribution in [1.29, 1.82) is 0 Å². The summed E-state index contributed by atoms with van der Waals surface area (Å²) in [6.07, 6.45) is -0.169. The van der Waals surface area contributed by atoms with Crippen LogP contribution in [-0.4, -0.2) is 33.6 Å². The van der Waals surface area contributed by atoms with Gasteiger partial charge >= 0.3 is 0 Å². The molecule has 0 saturated heterocycles. The van der Waals surface area contributed by atoms with Crippen LogP contribution in [0.3, 0.4) is 0 Å². The van der Waals surface area contributed by atoms with E-state index >= 15 is 0 Å². The van der Waals surface area contributed by atoms with E-state index in [2.05, 4.69) is 5.32 Å². The summed E-state index contributed by atoms with van der Waals surface area (Å²) in [4.78, 5) is 11.6.